The first kappa shape index (κ1) is 16.4. The predicted octanol–water partition coefficient (Wildman–Crippen LogP) is 2.86. The summed E-state index contributed by atoms with van der Waals surface area (Å²) in [5.41, 5.74) is 2.74. The number of aryl methyl sites for hydroxylation is 1. The molecule has 0 bridgehead atoms. The molecule has 4 nitrogen and oxygen atoms in total. The Labute approximate surface area is 143 Å². The molecular formula is C20H28O4. The minimum absolute atomic E-state index is 0.112. The number of benzene rings is 1. The molecule has 132 valence electrons. The van der Waals surface area contributed by atoms with E-state index < -0.39 is 12.2 Å². The summed E-state index contributed by atoms with van der Waals surface area (Å²) in [4.78, 5) is 0. The summed E-state index contributed by atoms with van der Waals surface area (Å²) in [5.74, 6) is 2.44. The van der Waals surface area contributed by atoms with Crippen molar-refractivity contribution < 1.29 is 19.7 Å². The quantitative estimate of drug-likeness (QED) is 0.836. The Morgan fingerprint density at radius 3 is 2.88 bits per heavy atom. The van der Waals surface area contributed by atoms with Crippen LogP contribution in [0.1, 0.15) is 49.7 Å². The molecule has 0 amide bonds. The van der Waals surface area contributed by atoms with Gasteiger partial charge in [-0.3, -0.25) is 0 Å². The fourth-order valence-electron chi connectivity index (χ4n) is 5.76. The lowest BCUT2D eigenvalue weighted by Gasteiger charge is -2.49. The van der Waals surface area contributed by atoms with Gasteiger partial charge in [-0.1, -0.05) is 13.0 Å². The lowest BCUT2D eigenvalue weighted by atomic mass is 9.55. The van der Waals surface area contributed by atoms with Crippen LogP contribution in [0.15, 0.2) is 18.2 Å². The first-order valence-corrected chi connectivity index (χ1v) is 9.15. The number of methoxy groups -OCH3 is 1. The Morgan fingerprint density at radius 1 is 1.25 bits per heavy atom. The van der Waals surface area contributed by atoms with E-state index in [0.29, 0.717) is 17.8 Å². The lowest BCUT2D eigenvalue weighted by molar-refractivity contribution is -0.0505. The van der Waals surface area contributed by atoms with Crippen molar-refractivity contribution >= 4 is 0 Å². The monoisotopic (exact) mass is 332 g/mol. The van der Waals surface area contributed by atoms with Crippen LogP contribution >= 0.6 is 0 Å². The minimum Gasteiger partial charge on any atom is -0.468 e. The molecule has 1 aromatic rings. The second-order valence-electron chi connectivity index (χ2n) is 8.12. The molecule has 3 unspecified atom stereocenters. The van der Waals surface area contributed by atoms with Crippen LogP contribution < -0.4 is 4.74 Å². The van der Waals surface area contributed by atoms with E-state index in [-0.39, 0.29) is 12.2 Å². The van der Waals surface area contributed by atoms with Crippen molar-refractivity contribution in [2.75, 3.05) is 13.9 Å². The molecule has 0 saturated heterocycles. The predicted molar refractivity (Wildman–Crippen MR) is 91.0 cm³/mol. The molecule has 3 aliphatic carbocycles. The van der Waals surface area contributed by atoms with Gasteiger partial charge in [0.15, 0.2) is 6.79 Å². The van der Waals surface area contributed by atoms with Crippen LogP contribution in [-0.4, -0.2) is 36.3 Å². The summed E-state index contributed by atoms with van der Waals surface area (Å²) in [7, 11) is 1.63. The van der Waals surface area contributed by atoms with Crippen molar-refractivity contribution in [2.45, 2.75) is 57.2 Å². The van der Waals surface area contributed by atoms with Gasteiger partial charge in [0.2, 0.25) is 0 Å². The smallest absolute Gasteiger partial charge is 0.188 e. The van der Waals surface area contributed by atoms with Crippen LogP contribution in [0.4, 0.5) is 0 Å². The van der Waals surface area contributed by atoms with Crippen LogP contribution in [-0.2, 0) is 11.2 Å². The Kier molecular flexibility index (Phi) is 4.10. The molecule has 0 heterocycles. The summed E-state index contributed by atoms with van der Waals surface area (Å²) in [6.07, 6.45) is 3.94. The standard InChI is InChI=1S/C20H28O4/c1-20-8-7-15-14-6-4-13(24-11-23-2)9-12(14)3-5-16(15)17(20)10-18(21)19(20)22/h4,6,9,15-19,21-22H,3,5,7-8,10-11H2,1-2H3/t15?,16?,17?,18-,19-,20-/m0/s1. The van der Waals surface area contributed by atoms with Crippen LogP contribution in [0.3, 0.4) is 0 Å². The Balaban J connectivity index is 1.60. The van der Waals surface area contributed by atoms with E-state index in [1.807, 2.05) is 6.07 Å². The third-order valence-electron chi connectivity index (χ3n) is 7.01. The van der Waals surface area contributed by atoms with Crippen molar-refractivity contribution in [3.05, 3.63) is 29.3 Å². The molecule has 2 saturated carbocycles. The van der Waals surface area contributed by atoms with E-state index in [1.54, 1.807) is 7.11 Å². The van der Waals surface area contributed by atoms with Gasteiger partial charge < -0.3 is 19.7 Å². The fourth-order valence-corrected chi connectivity index (χ4v) is 5.76. The first-order valence-electron chi connectivity index (χ1n) is 9.15. The van der Waals surface area contributed by atoms with Gasteiger partial charge in [-0.15, -0.1) is 0 Å². The zero-order valence-corrected chi connectivity index (χ0v) is 14.6. The highest BCUT2D eigenvalue weighted by Gasteiger charge is 2.57. The van der Waals surface area contributed by atoms with Crippen molar-refractivity contribution in [1.82, 2.24) is 0 Å². The van der Waals surface area contributed by atoms with Gasteiger partial charge in [0, 0.05) is 7.11 Å². The normalized spacial score (nSPS) is 40.6. The zero-order chi connectivity index (χ0) is 16.9. The van der Waals surface area contributed by atoms with Gasteiger partial charge in [0.1, 0.15) is 5.75 Å². The van der Waals surface area contributed by atoms with Crippen LogP contribution in [0.2, 0.25) is 0 Å². The summed E-state index contributed by atoms with van der Waals surface area (Å²) in [6.45, 7) is 2.47. The highest BCUT2D eigenvalue weighted by atomic mass is 16.7. The maximum absolute atomic E-state index is 10.5. The highest BCUT2D eigenvalue weighted by Crippen LogP contribution is 2.60. The number of fused-ring (bicyclic) bond motifs is 5. The molecule has 0 aromatic heterocycles. The number of aliphatic hydroxyl groups excluding tert-OH is 2. The molecule has 4 rings (SSSR count). The lowest BCUT2D eigenvalue weighted by Crippen LogP contribution is -2.44. The van der Waals surface area contributed by atoms with Crippen molar-refractivity contribution in [3.63, 3.8) is 0 Å². The summed E-state index contributed by atoms with van der Waals surface area (Å²) < 4.78 is 10.6. The molecule has 1 aromatic carbocycles. The van der Waals surface area contributed by atoms with Gasteiger partial charge in [0.25, 0.3) is 0 Å². The molecular weight excluding hydrogens is 304 g/mol. The molecule has 6 atom stereocenters. The second kappa shape index (κ2) is 6.01. The molecule has 0 spiro atoms. The van der Waals surface area contributed by atoms with E-state index in [0.717, 1.165) is 37.9 Å². The molecule has 2 N–H and O–H groups in total. The third kappa shape index (κ3) is 2.39. The van der Waals surface area contributed by atoms with Crippen LogP contribution in [0.5, 0.6) is 5.75 Å². The number of ether oxygens (including phenoxy) is 2. The average molecular weight is 332 g/mol. The number of rotatable bonds is 3. The van der Waals surface area contributed by atoms with Crippen LogP contribution in [0.25, 0.3) is 0 Å². The van der Waals surface area contributed by atoms with Gasteiger partial charge in [0.05, 0.1) is 12.2 Å². The van der Waals surface area contributed by atoms with E-state index in [4.69, 9.17) is 9.47 Å². The van der Waals surface area contributed by atoms with Crippen molar-refractivity contribution in [1.29, 1.82) is 0 Å². The molecule has 2 fully saturated rings. The van der Waals surface area contributed by atoms with E-state index in [2.05, 4.69) is 19.1 Å². The number of hydrogen-bond donors (Lipinski definition) is 2. The largest absolute Gasteiger partial charge is 0.468 e. The van der Waals surface area contributed by atoms with Gasteiger partial charge >= 0.3 is 0 Å². The maximum atomic E-state index is 10.5. The zero-order valence-electron chi connectivity index (χ0n) is 14.6. The van der Waals surface area contributed by atoms with Crippen molar-refractivity contribution in [2.24, 2.45) is 17.3 Å². The highest BCUT2D eigenvalue weighted by molar-refractivity contribution is 5.40. The summed E-state index contributed by atoms with van der Waals surface area (Å²) in [6, 6.07) is 6.44. The van der Waals surface area contributed by atoms with E-state index in [1.165, 1.54) is 11.1 Å². The van der Waals surface area contributed by atoms with E-state index in [9.17, 15) is 10.2 Å². The molecule has 24 heavy (non-hydrogen) atoms. The third-order valence-corrected chi connectivity index (χ3v) is 7.01. The van der Waals surface area contributed by atoms with Gasteiger partial charge in [-0.05, 0) is 78.5 Å². The fraction of sp³-hybridized carbons (Fsp3) is 0.700. The Morgan fingerprint density at radius 2 is 2.08 bits per heavy atom. The molecule has 4 heteroatoms. The Bertz CT molecular complexity index is 616. The summed E-state index contributed by atoms with van der Waals surface area (Å²) in [5, 5.41) is 20.7. The van der Waals surface area contributed by atoms with Crippen LogP contribution in [0, 0.1) is 17.3 Å². The minimum atomic E-state index is -0.560. The SMILES string of the molecule is COCOc1ccc2c(c1)CCC1C2CC[C@@]2(C)C1C[C@H](O)[C@@H]2O. The van der Waals surface area contributed by atoms with Gasteiger partial charge in [-0.2, -0.15) is 0 Å². The van der Waals surface area contributed by atoms with Gasteiger partial charge in [-0.25, -0.2) is 0 Å². The first-order chi connectivity index (χ1) is 11.5. The summed E-state index contributed by atoms with van der Waals surface area (Å²) >= 11 is 0. The maximum Gasteiger partial charge on any atom is 0.188 e. The molecule has 0 aliphatic heterocycles. The number of aliphatic hydroxyl groups is 2. The van der Waals surface area contributed by atoms with Crippen molar-refractivity contribution in [3.8, 4) is 5.75 Å². The topological polar surface area (TPSA) is 58.9 Å². The Hall–Kier alpha value is -1.10. The second-order valence-corrected chi connectivity index (χ2v) is 8.12. The van der Waals surface area contributed by atoms with E-state index >= 15 is 0 Å². The number of hydrogen-bond acceptors (Lipinski definition) is 4. The average Bonchev–Trinajstić information content (AvgIpc) is 2.83. The molecule has 0 radical (unpaired) electrons. The molecule has 3 aliphatic rings.